The fourth-order valence-corrected chi connectivity index (χ4v) is 1.41. The first-order valence-electron chi connectivity index (χ1n) is 6.15. The zero-order chi connectivity index (χ0) is 14.6. The van der Waals surface area contributed by atoms with Crippen molar-refractivity contribution in [2.75, 3.05) is 6.61 Å². The minimum atomic E-state index is 0.250. The van der Waals surface area contributed by atoms with Crippen LogP contribution in [0.3, 0.4) is 0 Å². The molecule has 0 radical (unpaired) electrons. The van der Waals surface area contributed by atoms with Crippen molar-refractivity contribution in [2.45, 2.75) is 6.92 Å². The molecule has 2 aromatic carbocycles. The number of hydrogen-bond acceptors (Lipinski definition) is 2. The second kappa shape index (κ2) is 9.23. The van der Waals surface area contributed by atoms with Crippen LogP contribution in [-0.2, 0) is 4.79 Å². The third-order valence-electron chi connectivity index (χ3n) is 2.34. The van der Waals surface area contributed by atoms with Gasteiger partial charge in [-0.1, -0.05) is 47.7 Å². The molecule has 20 heavy (non-hydrogen) atoms. The average molecular weight is 267 g/mol. The van der Waals surface area contributed by atoms with E-state index in [1.165, 1.54) is 5.56 Å². The summed E-state index contributed by atoms with van der Waals surface area (Å²) in [4.78, 5) is 8.58. The van der Waals surface area contributed by atoms with Crippen molar-refractivity contribution in [3.8, 4) is 17.6 Å². The van der Waals surface area contributed by atoms with E-state index >= 15 is 0 Å². The predicted molar refractivity (Wildman–Crippen MR) is 80.2 cm³/mol. The zero-order valence-corrected chi connectivity index (χ0v) is 11.4. The van der Waals surface area contributed by atoms with Crippen molar-refractivity contribution < 1.29 is 9.53 Å². The Kier molecular flexibility index (Phi) is 7.08. The van der Waals surface area contributed by atoms with Crippen LogP contribution < -0.4 is 10.5 Å². The third-order valence-corrected chi connectivity index (χ3v) is 2.34. The van der Waals surface area contributed by atoms with E-state index in [0.29, 0.717) is 6.61 Å². The first-order chi connectivity index (χ1) is 9.76. The van der Waals surface area contributed by atoms with Gasteiger partial charge in [-0.25, -0.2) is 0 Å². The first kappa shape index (κ1) is 15.3. The number of ether oxygens (including phenoxy) is 1. The molecule has 2 N–H and O–H groups in total. The van der Waals surface area contributed by atoms with Gasteiger partial charge in [-0.15, -0.1) is 0 Å². The second-order valence-corrected chi connectivity index (χ2v) is 3.91. The molecular weight excluding hydrogens is 250 g/mol. The van der Waals surface area contributed by atoms with E-state index in [1.807, 2.05) is 42.5 Å². The van der Waals surface area contributed by atoms with E-state index in [9.17, 15) is 0 Å². The van der Waals surface area contributed by atoms with Crippen LogP contribution >= 0.6 is 0 Å². The largest absolute Gasteiger partial charge is 0.481 e. The van der Waals surface area contributed by atoms with Crippen molar-refractivity contribution in [3.63, 3.8) is 0 Å². The summed E-state index contributed by atoms with van der Waals surface area (Å²) in [6, 6.07) is 17.9. The molecule has 0 saturated heterocycles. The molecule has 0 aliphatic carbocycles. The smallest absolute Gasteiger partial charge is 0.204 e. The Morgan fingerprint density at radius 1 is 1.10 bits per heavy atom. The third kappa shape index (κ3) is 6.27. The number of carbonyl (C=O) groups excluding carboxylic acids is 1. The summed E-state index contributed by atoms with van der Waals surface area (Å²) >= 11 is 0. The van der Waals surface area contributed by atoms with Gasteiger partial charge in [0.2, 0.25) is 6.41 Å². The highest BCUT2D eigenvalue weighted by Gasteiger charge is 1.88. The normalized spacial score (nSPS) is 8.45. The highest BCUT2D eigenvalue weighted by atomic mass is 16.5. The SMILES string of the molecule is Cc1ccc(C#CCOc2ccccc2)cc1.NC=O. The topological polar surface area (TPSA) is 52.3 Å². The number of carbonyl (C=O) groups is 1. The van der Waals surface area contributed by atoms with Crippen LogP contribution in [0, 0.1) is 18.8 Å². The molecule has 3 nitrogen and oxygen atoms in total. The van der Waals surface area contributed by atoms with E-state index in [1.54, 1.807) is 0 Å². The number of primary amides is 1. The van der Waals surface area contributed by atoms with E-state index in [4.69, 9.17) is 9.53 Å². The molecule has 2 aromatic rings. The van der Waals surface area contributed by atoms with Crippen LogP contribution in [-0.4, -0.2) is 13.0 Å². The molecule has 0 unspecified atom stereocenters. The van der Waals surface area contributed by atoms with Gasteiger partial charge >= 0.3 is 0 Å². The summed E-state index contributed by atoms with van der Waals surface area (Å²) in [6.45, 7) is 2.48. The van der Waals surface area contributed by atoms with E-state index in [2.05, 4.69) is 36.6 Å². The van der Waals surface area contributed by atoms with Crippen LogP contribution in [0.1, 0.15) is 11.1 Å². The zero-order valence-electron chi connectivity index (χ0n) is 11.4. The molecule has 0 aliphatic rings. The number of rotatable bonds is 2. The lowest BCUT2D eigenvalue weighted by Gasteiger charge is -1.99. The lowest BCUT2D eigenvalue weighted by atomic mass is 10.2. The molecule has 1 amide bonds. The fraction of sp³-hybridized carbons (Fsp3) is 0.118. The molecule has 0 heterocycles. The standard InChI is InChI=1S/C16H14O.CH3NO/c1-14-9-11-15(12-10-14)6-5-13-17-16-7-3-2-4-8-16;2-1-3/h2-4,7-12H,13H2,1H3;1H,(H2,2,3). The van der Waals surface area contributed by atoms with Crippen molar-refractivity contribution in [2.24, 2.45) is 5.73 Å². The predicted octanol–water partition coefficient (Wildman–Crippen LogP) is 2.53. The van der Waals surface area contributed by atoms with E-state index < -0.39 is 0 Å². The Bertz CT molecular complexity index is 565. The number of benzene rings is 2. The monoisotopic (exact) mass is 267 g/mol. The number of aryl methyl sites for hydroxylation is 1. The molecule has 0 saturated carbocycles. The highest BCUT2D eigenvalue weighted by molar-refractivity contribution is 5.42. The Balaban J connectivity index is 0.000000612. The van der Waals surface area contributed by atoms with E-state index in [-0.39, 0.29) is 6.41 Å². The van der Waals surface area contributed by atoms with Gasteiger partial charge in [0.05, 0.1) is 0 Å². The number of nitrogens with two attached hydrogens (primary N) is 1. The average Bonchev–Trinajstić information content (AvgIpc) is 2.47. The summed E-state index contributed by atoms with van der Waals surface area (Å²) in [6.07, 6.45) is 0.250. The molecule has 0 spiro atoms. The lowest BCUT2D eigenvalue weighted by Crippen LogP contribution is -1.93. The fourth-order valence-electron chi connectivity index (χ4n) is 1.41. The minimum absolute atomic E-state index is 0.250. The van der Waals surface area contributed by atoms with Crippen LogP contribution in [0.2, 0.25) is 0 Å². The summed E-state index contributed by atoms with van der Waals surface area (Å²) in [5, 5.41) is 0. The van der Waals surface area contributed by atoms with Gasteiger partial charge in [0, 0.05) is 5.56 Å². The minimum Gasteiger partial charge on any atom is -0.481 e. The van der Waals surface area contributed by atoms with Gasteiger partial charge in [0.25, 0.3) is 0 Å². The van der Waals surface area contributed by atoms with Gasteiger partial charge in [-0.3, -0.25) is 4.79 Å². The maximum Gasteiger partial charge on any atom is 0.204 e. The van der Waals surface area contributed by atoms with Gasteiger partial charge in [-0.05, 0) is 31.2 Å². The Hall–Kier alpha value is -2.73. The number of amides is 1. The summed E-state index contributed by atoms with van der Waals surface area (Å²) < 4.78 is 5.48. The molecule has 0 aliphatic heterocycles. The molecule has 0 atom stereocenters. The maximum absolute atomic E-state index is 8.58. The lowest BCUT2D eigenvalue weighted by molar-refractivity contribution is -0.106. The van der Waals surface area contributed by atoms with Gasteiger partial charge < -0.3 is 10.5 Å². The highest BCUT2D eigenvalue weighted by Crippen LogP contribution is 2.07. The summed E-state index contributed by atoms with van der Waals surface area (Å²) in [5.74, 6) is 6.92. The number of hydrogen-bond donors (Lipinski definition) is 1. The van der Waals surface area contributed by atoms with Crippen LogP contribution in [0.15, 0.2) is 54.6 Å². The van der Waals surface area contributed by atoms with E-state index in [0.717, 1.165) is 11.3 Å². The Labute approximate surface area is 119 Å². The molecular formula is C17H17NO2. The van der Waals surface area contributed by atoms with Crippen LogP contribution in [0.4, 0.5) is 0 Å². The molecule has 2 rings (SSSR count). The number of para-hydroxylation sites is 1. The Morgan fingerprint density at radius 3 is 2.30 bits per heavy atom. The van der Waals surface area contributed by atoms with Gasteiger partial charge in [0.15, 0.2) is 0 Å². The van der Waals surface area contributed by atoms with Crippen LogP contribution in [0.5, 0.6) is 5.75 Å². The molecule has 0 bridgehead atoms. The first-order valence-corrected chi connectivity index (χ1v) is 6.15. The summed E-state index contributed by atoms with van der Waals surface area (Å²) in [5.41, 5.74) is 6.43. The van der Waals surface area contributed by atoms with Crippen molar-refractivity contribution in [3.05, 3.63) is 65.7 Å². The maximum atomic E-state index is 8.58. The molecule has 102 valence electrons. The molecule has 0 fully saturated rings. The second-order valence-electron chi connectivity index (χ2n) is 3.91. The quantitative estimate of drug-likeness (QED) is 0.671. The van der Waals surface area contributed by atoms with Crippen LogP contribution in [0.25, 0.3) is 0 Å². The van der Waals surface area contributed by atoms with Gasteiger partial charge in [0.1, 0.15) is 12.4 Å². The van der Waals surface area contributed by atoms with Crippen molar-refractivity contribution in [1.82, 2.24) is 0 Å². The van der Waals surface area contributed by atoms with Crippen molar-refractivity contribution in [1.29, 1.82) is 0 Å². The Morgan fingerprint density at radius 2 is 1.70 bits per heavy atom. The molecule has 0 aromatic heterocycles. The summed E-state index contributed by atoms with van der Waals surface area (Å²) in [7, 11) is 0. The molecule has 3 heteroatoms. The van der Waals surface area contributed by atoms with Gasteiger partial charge in [-0.2, -0.15) is 0 Å². The van der Waals surface area contributed by atoms with Crippen molar-refractivity contribution >= 4 is 6.41 Å².